The number of carbonyl (C=O) groups is 1. The lowest BCUT2D eigenvalue weighted by Crippen LogP contribution is -2.34. The van der Waals surface area contributed by atoms with E-state index in [4.69, 9.17) is 0 Å². The fraction of sp³-hybridized carbons (Fsp3) is 0.158. The third-order valence-corrected chi connectivity index (χ3v) is 4.52. The van der Waals surface area contributed by atoms with E-state index in [2.05, 4.69) is 20.3 Å². The average Bonchev–Trinajstić information content (AvgIpc) is 3.03. The van der Waals surface area contributed by atoms with Gasteiger partial charge in [-0.05, 0) is 42.8 Å². The van der Waals surface area contributed by atoms with Crippen molar-refractivity contribution in [1.82, 2.24) is 24.8 Å². The second kappa shape index (κ2) is 6.76. The van der Waals surface area contributed by atoms with E-state index in [1.54, 1.807) is 25.1 Å². The molecule has 0 fully saturated rings. The van der Waals surface area contributed by atoms with Crippen LogP contribution >= 0.6 is 0 Å². The zero-order chi connectivity index (χ0) is 19.8. The maximum atomic E-state index is 13.4. The topological polar surface area (TPSA) is 113 Å². The van der Waals surface area contributed by atoms with Crippen molar-refractivity contribution in [3.8, 4) is 0 Å². The number of aromatic nitrogens is 4. The smallest absolute Gasteiger partial charge is 0.323 e. The van der Waals surface area contributed by atoms with Gasteiger partial charge in [-0.25, -0.2) is 14.2 Å². The summed E-state index contributed by atoms with van der Waals surface area (Å²) in [5, 5.41) is 2.92. The third kappa shape index (κ3) is 3.29. The first-order valence-electron chi connectivity index (χ1n) is 8.57. The molecule has 0 aliphatic heterocycles. The highest BCUT2D eigenvalue weighted by Crippen LogP contribution is 2.17. The summed E-state index contributed by atoms with van der Waals surface area (Å²) in [7, 11) is 0. The second-order valence-corrected chi connectivity index (χ2v) is 6.51. The van der Waals surface area contributed by atoms with Crippen molar-refractivity contribution < 1.29 is 9.18 Å². The molecule has 2 aromatic heterocycles. The van der Waals surface area contributed by atoms with Crippen molar-refractivity contribution in [2.75, 3.05) is 0 Å². The first kappa shape index (κ1) is 17.7. The average molecular weight is 381 g/mol. The Hall–Kier alpha value is -3.75. The molecule has 28 heavy (non-hydrogen) atoms. The van der Waals surface area contributed by atoms with Gasteiger partial charge in [0.25, 0.3) is 5.56 Å². The number of rotatable bonds is 4. The number of nitrogens with zero attached hydrogens (tertiary/aromatic N) is 2. The van der Waals surface area contributed by atoms with Crippen LogP contribution in [-0.2, 0) is 11.3 Å². The molecule has 0 spiro atoms. The van der Waals surface area contributed by atoms with Crippen LogP contribution in [0.5, 0.6) is 0 Å². The molecule has 0 bridgehead atoms. The molecule has 0 saturated heterocycles. The standard InChI is InChI=1S/C19H16FN5O3/c1-10(11-2-4-15-16(6-11)24-19(28)23-15)22-17(26)8-25-9-21-14-5-3-12(20)7-13(14)18(25)27/h2-7,9-10H,8H2,1H3,(H,22,26)(H2,23,24,28). The molecule has 0 saturated carbocycles. The van der Waals surface area contributed by atoms with E-state index in [-0.39, 0.29) is 23.7 Å². The highest BCUT2D eigenvalue weighted by molar-refractivity contribution is 5.79. The zero-order valence-electron chi connectivity index (χ0n) is 14.8. The van der Waals surface area contributed by atoms with Gasteiger partial charge in [0.05, 0.1) is 34.3 Å². The number of hydrogen-bond donors (Lipinski definition) is 3. The van der Waals surface area contributed by atoms with E-state index >= 15 is 0 Å². The number of hydrogen-bond acceptors (Lipinski definition) is 4. The zero-order valence-corrected chi connectivity index (χ0v) is 14.8. The maximum absolute atomic E-state index is 13.4. The largest absolute Gasteiger partial charge is 0.348 e. The molecular weight excluding hydrogens is 365 g/mol. The number of fused-ring (bicyclic) bond motifs is 2. The minimum absolute atomic E-state index is 0.116. The summed E-state index contributed by atoms with van der Waals surface area (Å²) in [6, 6.07) is 8.71. The molecule has 0 aliphatic carbocycles. The molecule has 1 unspecified atom stereocenters. The van der Waals surface area contributed by atoms with Crippen molar-refractivity contribution in [2.24, 2.45) is 0 Å². The summed E-state index contributed by atoms with van der Waals surface area (Å²) in [5.74, 6) is -0.935. The van der Waals surface area contributed by atoms with Gasteiger partial charge in [-0.2, -0.15) is 0 Å². The molecule has 0 radical (unpaired) electrons. The van der Waals surface area contributed by atoms with Crippen LogP contribution < -0.4 is 16.6 Å². The molecule has 2 aromatic carbocycles. The Morgan fingerprint density at radius 1 is 1.18 bits per heavy atom. The SMILES string of the molecule is CC(NC(=O)Cn1cnc2ccc(F)cc2c1=O)c1ccc2[nH]c(=O)[nH]c2c1. The second-order valence-electron chi connectivity index (χ2n) is 6.51. The number of halogens is 1. The van der Waals surface area contributed by atoms with Crippen LogP contribution in [0.4, 0.5) is 4.39 Å². The fourth-order valence-corrected chi connectivity index (χ4v) is 3.09. The molecule has 9 heteroatoms. The van der Waals surface area contributed by atoms with E-state index in [0.717, 1.165) is 16.2 Å². The van der Waals surface area contributed by atoms with E-state index in [1.165, 1.54) is 18.5 Å². The summed E-state index contributed by atoms with van der Waals surface area (Å²) in [4.78, 5) is 45.6. The molecule has 142 valence electrons. The monoisotopic (exact) mass is 381 g/mol. The van der Waals surface area contributed by atoms with Gasteiger partial charge in [-0.1, -0.05) is 6.07 Å². The van der Waals surface area contributed by atoms with E-state index < -0.39 is 17.3 Å². The van der Waals surface area contributed by atoms with Crippen LogP contribution in [0.25, 0.3) is 21.9 Å². The Bertz CT molecular complexity index is 1320. The Balaban J connectivity index is 1.53. The number of carbonyl (C=O) groups excluding carboxylic acids is 1. The number of aromatic amines is 2. The summed E-state index contributed by atoms with van der Waals surface area (Å²) < 4.78 is 14.5. The van der Waals surface area contributed by atoms with Crippen LogP contribution in [0, 0.1) is 5.82 Å². The molecular formula is C19H16FN5O3. The molecule has 4 aromatic rings. The van der Waals surface area contributed by atoms with Crippen LogP contribution in [0.15, 0.2) is 52.3 Å². The van der Waals surface area contributed by atoms with Gasteiger partial charge in [-0.3, -0.25) is 14.2 Å². The van der Waals surface area contributed by atoms with Gasteiger partial charge >= 0.3 is 5.69 Å². The predicted molar refractivity (Wildman–Crippen MR) is 101 cm³/mol. The van der Waals surface area contributed by atoms with Gasteiger partial charge in [0.15, 0.2) is 0 Å². The van der Waals surface area contributed by atoms with Crippen molar-refractivity contribution >= 4 is 27.8 Å². The molecule has 1 amide bonds. The normalized spacial score (nSPS) is 12.4. The van der Waals surface area contributed by atoms with Gasteiger partial charge in [0.1, 0.15) is 12.4 Å². The molecule has 0 aliphatic rings. The molecule has 3 N–H and O–H groups in total. The molecule has 2 heterocycles. The van der Waals surface area contributed by atoms with Gasteiger partial charge in [-0.15, -0.1) is 0 Å². The van der Waals surface area contributed by atoms with Crippen molar-refractivity contribution in [2.45, 2.75) is 19.5 Å². The lowest BCUT2D eigenvalue weighted by atomic mass is 10.1. The number of imidazole rings is 1. The number of nitrogens with one attached hydrogen (secondary N) is 3. The highest BCUT2D eigenvalue weighted by Gasteiger charge is 2.13. The first-order chi connectivity index (χ1) is 13.4. The summed E-state index contributed by atoms with van der Waals surface area (Å²) in [6.07, 6.45) is 1.27. The van der Waals surface area contributed by atoms with E-state index in [0.29, 0.717) is 16.6 Å². The molecule has 4 rings (SSSR count). The van der Waals surface area contributed by atoms with Crippen molar-refractivity contribution in [3.63, 3.8) is 0 Å². The first-order valence-corrected chi connectivity index (χ1v) is 8.57. The third-order valence-electron chi connectivity index (χ3n) is 4.52. The predicted octanol–water partition coefficient (Wildman–Crippen LogP) is 1.58. The van der Waals surface area contributed by atoms with Crippen LogP contribution in [0.2, 0.25) is 0 Å². The Labute approximate surface area is 157 Å². The molecule has 1 atom stereocenters. The van der Waals surface area contributed by atoms with Crippen LogP contribution in [0.1, 0.15) is 18.5 Å². The minimum Gasteiger partial charge on any atom is -0.348 e. The minimum atomic E-state index is -0.541. The maximum Gasteiger partial charge on any atom is 0.323 e. The lowest BCUT2D eigenvalue weighted by molar-refractivity contribution is -0.122. The fourth-order valence-electron chi connectivity index (χ4n) is 3.09. The van der Waals surface area contributed by atoms with Gasteiger partial charge < -0.3 is 15.3 Å². The Morgan fingerprint density at radius 3 is 2.79 bits per heavy atom. The summed E-state index contributed by atoms with van der Waals surface area (Å²) in [5.41, 5.74) is 1.68. The number of amides is 1. The quantitative estimate of drug-likeness (QED) is 0.498. The highest BCUT2D eigenvalue weighted by atomic mass is 19.1. The van der Waals surface area contributed by atoms with Crippen LogP contribution in [-0.4, -0.2) is 25.4 Å². The summed E-state index contributed by atoms with van der Waals surface area (Å²) in [6.45, 7) is 1.55. The number of benzene rings is 2. The summed E-state index contributed by atoms with van der Waals surface area (Å²) >= 11 is 0. The Kier molecular flexibility index (Phi) is 4.26. The Morgan fingerprint density at radius 2 is 1.96 bits per heavy atom. The van der Waals surface area contributed by atoms with Crippen molar-refractivity contribution in [1.29, 1.82) is 0 Å². The van der Waals surface area contributed by atoms with E-state index in [1.807, 2.05) is 0 Å². The van der Waals surface area contributed by atoms with Gasteiger partial charge in [0.2, 0.25) is 5.91 Å². The van der Waals surface area contributed by atoms with Gasteiger partial charge in [0, 0.05) is 0 Å². The lowest BCUT2D eigenvalue weighted by Gasteiger charge is -2.15. The van der Waals surface area contributed by atoms with E-state index in [9.17, 15) is 18.8 Å². The van der Waals surface area contributed by atoms with Crippen molar-refractivity contribution in [3.05, 3.63) is 74.9 Å². The van der Waals surface area contributed by atoms with Crippen LogP contribution in [0.3, 0.4) is 0 Å². The number of H-pyrrole nitrogens is 2. The molecule has 8 nitrogen and oxygen atoms in total.